The Hall–Kier alpha value is -2.13. The SMILES string of the molecule is CCN(CC)S(=O)(=O)c1cc(C(=O)NC[C@H]2CCCN(C(C)=O)C2)ccc1OC. The molecule has 162 valence electrons. The number of benzene rings is 1. The number of hydrogen-bond donors (Lipinski definition) is 1. The average molecular weight is 426 g/mol. The van der Waals surface area contributed by atoms with E-state index in [1.54, 1.807) is 31.7 Å². The molecule has 0 aromatic heterocycles. The van der Waals surface area contributed by atoms with Crippen molar-refractivity contribution in [2.45, 2.75) is 38.5 Å². The Morgan fingerprint density at radius 3 is 2.55 bits per heavy atom. The maximum Gasteiger partial charge on any atom is 0.251 e. The minimum Gasteiger partial charge on any atom is -0.495 e. The molecule has 1 N–H and O–H groups in total. The number of methoxy groups -OCH3 is 1. The Morgan fingerprint density at radius 2 is 1.97 bits per heavy atom. The standard InChI is InChI=1S/C20H31N3O5S/c1-5-23(6-2)29(26,27)19-12-17(9-10-18(19)28-4)20(25)21-13-16-8-7-11-22(14-16)15(3)24/h9-10,12,16H,5-8,11,13-14H2,1-4H3,(H,21,25)/t16-/m1/s1. The molecule has 1 heterocycles. The van der Waals surface area contributed by atoms with Gasteiger partial charge in [-0.25, -0.2) is 8.42 Å². The third-order valence-corrected chi connectivity index (χ3v) is 7.34. The molecule has 8 nitrogen and oxygen atoms in total. The molecule has 9 heteroatoms. The number of amides is 2. The van der Waals surface area contributed by atoms with Gasteiger partial charge in [-0.2, -0.15) is 4.31 Å². The fraction of sp³-hybridized carbons (Fsp3) is 0.600. The predicted octanol–water partition coefficient (Wildman–Crippen LogP) is 1.71. The van der Waals surface area contributed by atoms with Gasteiger partial charge in [-0.3, -0.25) is 9.59 Å². The lowest BCUT2D eigenvalue weighted by Crippen LogP contribution is -2.42. The Kier molecular flexibility index (Phi) is 8.04. The fourth-order valence-corrected chi connectivity index (χ4v) is 5.22. The second-order valence-corrected chi connectivity index (χ2v) is 9.04. The van der Waals surface area contributed by atoms with E-state index in [-0.39, 0.29) is 33.9 Å². The van der Waals surface area contributed by atoms with Crippen LogP contribution in [-0.4, -0.2) is 69.3 Å². The van der Waals surface area contributed by atoms with Crippen LogP contribution in [0.1, 0.15) is 44.0 Å². The van der Waals surface area contributed by atoms with E-state index in [1.807, 2.05) is 0 Å². The van der Waals surface area contributed by atoms with E-state index < -0.39 is 10.0 Å². The highest BCUT2D eigenvalue weighted by Crippen LogP contribution is 2.28. The summed E-state index contributed by atoms with van der Waals surface area (Å²) < 4.78 is 32.4. The van der Waals surface area contributed by atoms with Crippen LogP contribution in [0.5, 0.6) is 5.75 Å². The van der Waals surface area contributed by atoms with E-state index >= 15 is 0 Å². The van der Waals surface area contributed by atoms with Crippen LogP contribution in [0.3, 0.4) is 0 Å². The summed E-state index contributed by atoms with van der Waals surface area (Å²) in [4.78, 5) is 26.0. The molecule has 0 saturated carbocycles. The number of hydrogen-bond acceptors (Lipinski definition) is 5. The van der Waals surface area contributed by atoms with Crippen LogP contribution in [0.15, 0.2) is 23.1 Å². The molecule has 1 fully saturated rings. The molecule has 0 aliphatic carbocycles. The van der Waals surface area contributed by atoms with Gasteiger partial charge in [0.1, 0.15) is 10.6 Å². The lowest BCUT2D eigenvalue weighted by Gasteiger charge is -2.32. The number of carbonyl (C=O) groups is 2. The van der Waals surface area contributed by atoms with Crippen LogP contribution in [-0.2, 0) is 14.8 Å². The van der Waals surface area contributed by atoms with Gasteiger partial charge in [0.15, 0.2) is 0 Å². The molecule has 0 bridgehead atoms. The zero-order chi connectivity index (χ0) is 21.6. The highest BCUT2D eigenvalue weighted by molar-refractivity contribution is 7.89. The van der Waals surface area contributed by atoms with Crippen LogP contribution >= 0.6 is 0 Å². The number of likely N-dealkylation sites (tertiary alicyclic amines) is 1. The molecular weight excluding hydrogens is 394 g/mol. The van der Waals surface area contributed by atoms with Crippen molar-refractivity contribution < 1.29 is 22.7 Å². The first-order valence-corrected chi connectivity index (χ1v) is 11.4. The van der Waals surface area contributed by atoms with Crippen LogP contribution < -0.4 is 10.1 Å². The van der Waals surface area contributed by atoms with Gasteiger partial charge in [-0.1, -0.05) is 13.8 Å². The summed E-state index contributed by atoms with van der Waals surface area (Å²) in [5, 5.41) is 2.88. The Bertz CT molecular complexity index is 837. The quantitative estimate of drug-likeness (QED) is 0.684. The van der Waals surface area contributed by atoms with Crippen LogP contribution in [0.4, 0.5) is 0 Å². The maximum absolute atomic E-state index is 12.9. The summed E-state index contributed by atoms with van der Waals surface area (Å²) in [6, 6.07) is 4.42. The van der Waals surface area contributed by atoms with Crippen molar-refractivity contribution >= 4 is 21.8 Å². The normalized spacial score (nSPS) is 17.3. The molecule has 1 atom stereocenters. The molecule has 1 aromatic carbocycles. The number of piperidine rings is 1. The molecule has 29 heavy (non-hydrogen) atoms. The average Bonchev–Trinajstić information content (AvgIpc) is 2.72. The second kappa shape index (κ2) is 10.1. The first kappa shape index (κ1) is 23.2. The fourth-order valence-electron chi connectivity index (χ4n) is 3.58. The lowest BCUT2D eigenvalue weighted by atomic mass is 9.98. The van der Waals surface area contributed by atoms with Crippen LogP contribution in [0, 0.1) is 5.92 Å². The van der Waals surface area contributed by atoms with Crippen molar-refractivity contribution in [2.24, 2.45) is 5.92 Å². The number of sulfonamides is 1. The number of ether oxygens (including phenoxy) is 1. The second-order valence-electron chi connectivity index (χ2n) is 7.14. The van der Waals surface area contributed by atoms with Gasteiger partial charge in [-0.05, 0) is 37.0 Å². The lowest BCUT2D eigenvalue weighted by molar-refractivity contribution is -0.130. The van der Waals surface area contributed by atoms with Crippen molar-refractivity contribution in [3.8, 4) is 5.75 Å². The summed E-state index contributed by atoms with van der Waals surface area (Å²) in [6.45, 7) is 7.55. The van der Waals surface area contributed by atoms with Crippen molar-refractivity contribution in [3.05, 3.63) is 23.8 Å². The smallest absolute Gasteiger partial charge is 0.251 e. The molecule has 0 unspecified atom stereocenters. The monoisotopic (exact) mass is 425 g/mol. The molecule has 1 aliphatic heterocycles. The Labute approximate surface area is 173 Å². The van der Waals surface area contributed by atoms with Crippen LogP contribution in [0.25, 0.3) is 0 Å². The molecule has 2 rings (SSSR count). The first-order chi connectivity index (χ1) is 13.7. The molecule has 1 aliphatic rings. The highest BCUT2D eigenvalue weighted by Gasteiger charge is 2.27. The number of rotatable bonds is 8. The summed E-state index contributed by atoms with van der Waals surface area (Å²) >= 11 is 0. The molecule has 0 spiro atoms. The van der Waals surface area contributed by atoms with E-state index in [4.69, 9.17) is 4.74 Å². The topological polar surface area (TPSA) is 96.0 Å². The zero-order valence-electron chi connectivity index (χ0n) is 17.6. The first-order valence-electron chi connectivity index (χ1n) is 9.96. The van der Waals surface area contributed by atoms with E-state index in [2.05, 4.69) is 5.32 Å². The third-order valence-electron chi connectivity index (χ3n) is 5.26. The van der Waals surface area contributed by atoms with E-state index in [1.165, 1.54) is 23.5 Å². The van der Waals surface area contributed by atoms with Gasteiger partial charge in [0.2, 0.25) is 15.9 Å². The van der Waals surface area contributed by atoms with Gasteiger partial charge in [0, 0.05) is 45.2 Å². The highest BCUT2D eigenvalue weighted by atomic mass is 32.2. The Balaban J connectivity index is 2.16. The minimum absolute atomic E-state index is 0.0169. The number of nitrogens with one attached hydrogen (secondary N) is 1. The summed E-state index contributed by atoms with van der Waals surface area (Å²) in [5.41, 5.74) is 0.260. The molecule has 2 amide bonds. The van der Waals surface area contributed by atoms with Crippen molar-refractivity contribution in [1.82, 2.24) is 14.5 Å². The van der Waals surface area contributed by atoms with Crippen LogP contribution in [0.2, 0.25) is 0 Å². The molecule has 1 aromatic rings. The molecular formula is C20H31N3O5S. The van der Waals surface area contributed by atoms with Gasteiger partial charge in [0.05, 0.1) is 7.11 Å². The molecule has 0 radical (unpaired) electrons. The van der Waals surface area contributed by atoms with Crippen molar-refractivity contribution in [3.63, 3.8) is 0 Å². The van der Waals surface area contributed by atoms with Crippen molar-refractivity contribution in [2.75, 3.05) is 39.8 Å². The summed E-state index contributed by atoms with van der Waals surface area (Å²) in [6.07, 6.45) is 1.85. The minimum atomic E-state index is -3.77. The predicted molar refractivity (Wildman–Crippen MR) is 110 cm³/mol. The number of carbonyl (C=O) groups excluding carboxylic acids is 2. The van der Waals surface area contributed by atoms with Gasteiger partial charge >= 0.3 is 0 Å². The van der Waals surface area contributed by atoms with E-state index in [0.29, 0.717) is 26.2 Å². The summed E-state index contributed by atoms with van der Waals surface area (Å²) in [7, 11) is -2.37. The number of nitrogens with zero attached hydrogens (tertiary/aromatic N) is 2. The zero-order valence-corrected chi connectivity index (χ0v) is 18.4. The van der Waals surface area contributed by atoms with E-state index in [9.17, 15) is 18.0 Å². The van der Waals surface area contributed by atoms with Gasteiger partial charge in [0.25, 0.3) is 5.91 Å². The summed E-state index contributed by atoms with van der Waals surface area (Å²) in [5.74, 6) is 0.0950. The van der Waals surface area contributed by atoms with E-state index in [0.717, 1.165) is 19.4 Å². The molecule has 1 saturated heterocycles. The largest absolute Gasteiger partial charge is 0.495 e. The Morgan fingerprint density at radius 1 is 1.28 bits per heavy atom. The van der Waals surface area contributed by atoms with Gasteiger partial charge < -0.3 is 15.0 Å². The maximum atomic E-state index is 12.9. The van der Waals surface area contributed by atoms with Crippen molar-refractivity contribution in [1.29, 1.82) is 0 Å². The van der Waals surface area contributed by atoms with Gasteiger partial charge in [-0.15, -0.1) is 0 Å². The third kappa shape index (κ3) is 5.48.